The lowest BCUT2D eigenvalue weighted by Crippen LogP contribution is -2.28. The van der Waals surface area contributed by atoms with Gasteiger partial charge in [-0.05, 0) is 68.9 Å². The van der Waals surface area contributed by atoms with E-state index in [0.717, 1.165) is 37.1 Å². The minimum atomic E-state index is -0.0726. The Balaban J connectivity index is 1.30. The molecule has 29 heavy (non-hydrogen) atoms. The van der Waals surface area contributed by atoms with Gasteiger partial charge in [-0.3, -0.25) is 4.79 Å². The molecule has 3 aromatic rings. The predicted molar refractivity (Wildman–Crippen MR) is 114 cm³/mol. The second-order valence-corrected chi connectivity index (χ2v) is 7.55. The molecule has 0 saturated heterocycles. The molecule has 1 aromatic heterocycles. The normalized spacial score (nSPS) is 13.7. The number of carbonyl (C=O) groups excluding carboxylic acids is 1. The van der Waals surface area contributed by atoms with E-state index in [1.165, 1.54) is 12.0 Å². The van der Waals surface area contributed by atoms with Crippen molar-refractivity contribution in [1.82, 2.24) is 15.1 Å². The Morgan fingerprint density at radius 3 is 2.66 bits per heavy atom. The molecule has 0 atom stereocenters. The molecule has 0 spiro atoms. The van der Waals surface area contributed by atoms with E-state index in [4.69, 9.17) is 4.74 Å². The third-order valence-electron chi connectivity index (χ3n) is 5.41. The zero-order valence-electron chi connectivity index (χ0n) is 16.8. The van der Waals surface area contributed by atoms with Gasteiger partial charge in [0, 0.05) is 12.7 Å². The Morgan fingerprint density at radius 2 is 1.90 bits per heavy atom. The molecule has 5 nitrogen and oxygen atoms in total. The van der Waals surface area contributed by atoms with Gasteiger partial charge in [-0.25, -0.2) is 4.68 Å². The molecule has 1 N–H and O–H groups in total. The number of nitrogens with zero attached hydrogens (tertiary/aromatic N) is 2. The SMILES string of the molecule is Cc1nn(-c2ccccc2)cc1CCCNC(=O)c1ccccc1OC1CCC1. The molecule has 0 aliphatic heterocycles. The molecular formula is C24H27N3O2. The molecule has 1 heterocycles. The van der Waals surface area contributed by atoms with Crippen molar-refractivity contribution in [3.8, 4) is 11.4 Å². The first kappa shape index (κ1) is 19.2. The smallest absolute Gasteiger partial charge is 0.255 e. The van der Waals surface area contributed by atoms with Crippen molar-refractivity contribution < 1.29 is 9.53 Å². The van der Waals surface area contributed by atoms with Crippen LogP contribution in [0.2, 0.25) is 0 Å². The number of benzene rings is 2. The minimum Gasteiger partial charge on any atom is -0.490 e. The van der Waals surface area contributed by atoms with Crippen LogP contribution in [0.25, 0.3) is 5.69 Å². The molecule has 2 aromatic carbocycles. The average Bonchev–Trinajstić information content (AvgIpc) is 3.09. The van der Waals surface area contributed by atoms with Crippen molar-refractivity contribution in [2.75, 3.05) is 6.54 Å². The molecule has 1 aliphatic carbocycles. The zero-order valence-corrected chi connectivity index (χ0v) is 16.8. The van der Waals surface area contributed by atoms with E-state index < -0.39 is 0 Å². The van der Waals surface area contributed by atoms with E-state index in [2.05, 4.69) is 16.6 Å². The quantitative estimate of drug-likeness (QED) is 0.578. The highest BCUT2D eigenvalue weighted by atomic mass is 16.5. The van der Waals surface area contributed by atoms with Crippen molar-refractivity contribution in [2.45, 2.75) is 45.1 Å². The number of aryl methyl sites for hydroxylation is 2. The Morgan fingerprint density at radius 1 is 1.14 bits per heavy atom. The number of hydrogen-bond donors (Lipinski definition) is 1. The lowest BCUT2D eigenvalue weighted by molar-refractivity contribution is 0.0927. The second-order valence-electron chi connectivity index (χ2n) is 7.55. The summed E-state index contributed by atoms with van der Waals surface area (Å²) in [6.45, 7) is 2.65. The van der Waals surface area contributed by atoms with E-state index in [0.29, 0.717) is 17.9 Å². The number of ether oxygens (including phenoxy) is 1. The average molecular weight is 389 g/mol. The van der Waals surface area contributed by atoms with Crippen LogP contribution in [0.15, 0.2) is 60.8 Å². The zero-order chi connectivity index (χ0) is 20.1. The fourth-order valence-electron chi connectivity index (χ4n) is 3.46. The number of carbonyl (C=O) groups is 1. The largest absolute Gasteiger partial charge is 0.490 e. The number of para-hydroxylation sites is 2. The number of rotatable bonds is 8. The van der Waals surface area contributed by atoms with Crippen molar-refractivity contribution >= 4 is 5.91 Å². The highest BCUT2D eigenvalue weighted by molar-refractivity contribution is 5.96. The number of hydrogen-bond acceptors (Lipinski definition) is 3. The second kappa shape index (κ2) is 8.95. The van der Waals surface area contributed by atoms with Crippen LogP contribution in [0.1, 0.15) is 47.3 Å². The summed E-state index contributed by atoms with van der Waals surface area (Å²) < 4.78 is 7.88. The first-order chi connectivity index (χ1) is 14.2. The summed E-state index contributed by atoms with van der Waals surface area (Å²) in [5.41, 5.74) is 3.90. The fourth-order valence-corrected chi connectivity index (χ4v) is 3.46. The lowest BCUT2D eigenvalue weighted by Gasteiger charge is -2.27. The van der Waals surface area contributed by atoms with Crippen molar-refractivity contribution in [3.05, 3.63) is 77.6 Å². The van der Waals surface area contributed by atoms with E-state index in [1.807, 2.05) is 66.2 Å². The summed E-state index contributed by atoms with van der Waals surface area (Å²) in [5, 5.41) is 7.64. The van der Waals surface area contributed by atoms with Gasteiger partial charge >= 0.3 is 0 Å². The summed E-state index contributed by atoms with van der Waals surface area (Å²) in [4.78, 5) is 12.6. The molecule has 0 bridgehead atoms. The van der Waals surface area contributed by atoms with Gasteiger partial charge in [0.2, 0.25) is 0 Å². The van der Waals surface area contributed by atoms with Crippen LogP contribution in [0.3, 0.4) is 0 Å². The van der Waals surface area contributed by atoms with Crippen LogP contribution < -0.4 is 10.1 Å². The number of amides is 1. The van der Waals surface area contributed by atoms with Crippen molar-refractivity contribution in [2.24, 2.45) is 0 Å². The maximum atomic E-state index is 12.6. The van der Waals surface area contributed by atoms with E-state index in [1.54, 1.807) is 0 Å². The molecule has 150 valence electrons. The highest BCUT2D eigenvalue weighted by Gasteiger charge is 2.21. The summed E-state index contributed by atoms with van der Waals surface area (Å²) in [7, 11) is 0. The van der Waals surface area contributed by atoms with Gasteiger partial charge in [-0.1, -0.05) is 30.3 Å². The molecule has 0 radical (unpaired) electrons. The molecule has 1 fully saturated rings. The van der Waals surface area contributed by atoms with Gasteiger partial charge in [0.1, 0.15) is 5.75 Å². The van der Waals surface area contributed by atoms with E-state index in [-0.39, 0.29) is 12.0 Å². The van der Waals surface area contributed by atoms with Gasteiger partial charge < -0.3 is 10.1 Å². The number of nitrogens with one attached hydrogen (secondary N) is 1. The van der Waals surface area contributed by atoms with Gasteiger partial charge in [0.15, 0.2) is 0 Å². The van der Waals surface area contributed by atoms with Crippen molar-refractivity contribution in [1.29, 1.82) is 0 Å². The standard InChI is InChI=1S/C24H27N3O2/c1-18-19(17-27(26-18)20-10-3-2-4-11-20)9-8-16-25-24(28)22-14-5-6-15-23(22)29-21-12-7-13-21/h2-6,10-11,14-15,17,21H,7-9,12-13,16H2,1H3,(H,25,28). The van der Waals surface area contributed by atoms with Gasteiger partial charge in [-0.2, -0.15) is 5.10 Å². The third kappa shape index (κ3) is 4.67. The van der Waals surface area contributed by atoms with Crippen LogP contribution in [0.5, 0.6) is 5.75 Å². The van der Waals surface area contributed by atoms with Crippen molar-refractivity contribution in [3.63, 3.8) is 0 Å². The van der Waals surface area contributed by atoms with E-state index >= 15 is 0 Å². The topological polar surface area (TPSA) is 56.2 Å². The Hall–Kier alpha value is -3.08. The highest BCUT2D eigenvalue weighted by Crippen LogP contribution is 2.27. The maximum absolute atomic E-state index is 12.6. The van der Waals surface area contributed by atoms with Crippen LogP contribution in [-0.4, -0.2) is 28.3 Å². The van der Waals surface area contributed by atoms with Crippen LogP contribution >= 0.6 is 0 Å². The first-order valence-electron chi connectivity index (χ1n) is 10.3. The van der Waals surface area contributed by atoms with Crippen LogP contribution in [0.4, 0.5) is 0 Å². The first-order valence-corrected chi connectivity index (χ1v) is 10.3. The summed E-state index contributed by atoms with van der Waals surface area (Å²) in [6, 6.07) is 17.6. The Labute approximate surface area is 171 Å². The summed E-state index contributed by atoms with van der Waals surface area (Å²) in [6.07, 6.45) is 7.43. The Kier molecular flexibility index (Phi) is 5.94. The maximum Gasteiger partial charge on any atom is 0.255 e. The molecule has 5 heteroatoms. The Bertz CT molecular complexity index is 961. The molecule has 4 rings (SSSR count). The van der Waals surface area contributed by atoms with Crippen LogP contribution in [0, 0.1) is 6.92 Å². The monoisotopic (exact) mass is 389 g/mol. The molecular weight excluding hydrogens is 362 g/mol. The molecule has 1 amide bonds. The van der Waals surface area contributed by atoms with Crippen LogP contribution in [-0.2, 0) is 6.42 Å². The minimum absolute atomic E-state index is 0.0726. The summed E-state index contributed by atoms with van der Waals surface area (Å²) in [5.74, 6) is 0.617. The fraction of sp³-hybridized carbons (Fsp3) is 0.333. The van der Waals surface area contributed by atoms with E-state index in [9.17, 15) is 4.79 Å². The van der Waals surface area contributed by atoms with Gasteiger partial charge in [0.05, 0.1) is 23.0 Å². The van der Waals surface area contributed by atoms with Gasteiger partial charge in [-0.15, -0.1) is 0 Å². The number of aromatic nitrogens is 2. The molecule has 1 saturated carbocycles. The van der Waals surface area contributed by atoms with Gasteiger partial charge in [0.25, 0.3) is 5.91 Å². The predicted octanol–water partition coefficient (Wildman–Crippen LogP) is 4.47. The molecule has 1 aliphatic rings. The summed E-state index contributed by atoms with van der Waals surface area (Å²) >= 11 is 0. The lowest BCUT2D eigenvalue weighted by atomic mass is 9.96. The molecule has 0 unspecified atom stereocenters. The third-order valence-corrected chi connectivity index (χ3v) is 5.41.